The van der Waals surface area contributed by atoms with E-state index in [-0.39, 0.29) is 5.97 Å². The molecule has 1 saturated heterocycles. The number of fused-ring (bicyclic) bond motifs is 1. The molecule has 3 nitrogen and oxygen atoms in total. The summed E-state index contributed by atoms with van der Waals surface area (Å²) in [5.74, 6) is -0.284. The molecule has 0 radical (unpaired) electrons. The second-order valence-corrected chi connectivity index (χ2v) is 7.44. The Balaban J connectivity index is 1.70. The summed E-state index contributed by atoms with van der Waals surface area (Å²) in [6.45, 7) is 1.67. The number of carbonyl (C=O) groups is 1. The number of halogens is 1. The van der Waals surface area contributed by atoms with Crippen LogP contribution >= 0.6 is 15.9 Å². The van der Waals surface area contributed by atoms with E-state index in [0.717, 1.165) is 46.7 Å². The molecule has 0 amide bonds. The predicted octanol–water partition coefficient (Wildman–Crippen LogP) is 5.04. The third-order valence-corrected chi connectivity index (χ3v) is 5.94. The molecule has 1 heterocycles. The molecule has 0 bridgehead atoms. The standard InChI is InChI=1S/C22H20BrNO2/c23-20-18-9-5-4-6-16(18)10-11-19(20)21(25)26-22(12-14-24-15-13-22)17-7-2-1-3-8-17/h1-11,24H,12-15H2. The lowest BCUT2D eigenvalue weighted by Gasteiger charge is -2.37. The zero-order valence-corrected chi connectivity index (χ0v) is 16.0. The largest absolute Gasteiger partial charge is 0.450 e. The lowest BCUT2D eigenvalue weighted by molar-refractivity contribution is -0.0379. The van der Waals surface area contributed by atoms with E-state index in [2.05, 4.69) is 21.2 Å². The van der Waals surface area contributed by atoms with Crippen molar-refractivity contribution in [1.82, 2.24) is 5.32 Å². The SMILES string of the molecule is O=C(OC1(c2ccccc2)CCNCC1)c1ccc2ccccc2c1Br. The third kappa shape index (κ3) is 3.15. The average molecular weight is 410 g/mol. The number of carbonyl (C=O) groups excluding carboxylic acids is 1. The van der Waals surface area contributed by atoms with E-state index < -0.39 is 5.60 Å². The molecule has 0 aliphatic carbocycles. The van der Waals surface area contributed by atoms with Gasteiger partial charge in [0.1, 0.15) is 5.60 Å². The number of piperidine rings is 1. The molecule has 0 atom stereocenters. The highest BCUT2D eigenvalue weighted by Crippen LogP contribution is 2.37. The Hall–Kier alpha value is -2.17. The van der Waals surface area contributed by atoms with Crippen molar-refractivity contribution >= 4 is 32.7 Å². The van der Waals surface area contributed by atoms with Crippen molar-refractivity contribution in [3.8, 4) is 0 Å². The minimum Gasteiger partial charge on any atom is -0.450 e. The lowest BCUT2D eigenvalue weighted by atomic mass is 9.84. The maximum Gasteiger partial charge on any atom is 0.340 e. The molecule has 4 heteroatoms. The van der Waals surface area contributed by atoms with Crippen LogP contribution in [0, 0.1) is 0 Å². The number of rotatable bonds is 3. The first kappa shape index (κ1) is 17.3. The maximum absolute atomic E-state index is 13.1. The number of nitrogens with one attached hydrogen (secondary N) is 1. The van der Waals surface area contributed by atoms with Crippen molar-refractivity contribution in [2.75, 3.05) is 13.1 Å². The first-order valence-electron chi connectivity index (χ1n) is 8.86. The number of hydrogen-bond donors (Lipinski definition) is 1. The van der Waals surface area contributed by atoms with Crippen LogP contribution in [0.1, 0.15) is 28.8 Å². The zero-order chi connectivity index (χ0) is 18.0. The van der Waals surface area contributed by atoms with E-state index in [1.807, 2.05) is 66.7 Å². The van der Waals surface area contributed by atoms with E-state index in [9.17, 15) is 4.79 Å². The van der Waals surface area contributed by atoms with Crippen LogP contribution in [0.15, 0.2) is 71.2 Å². The van der Waals surface area contributed by atoms with Gasteiger partial charge in [0.2, 0.25) is 0 Å². The Labute approximate surface area is 161 Å². The first-order valence-corrected chi connectivity index (χ1v) is 9.66. The first-order chi connectivity index (χ1) is 12.7. The van der Waals surface area contributed by atoms with Crippen LogP contribution in [0.3, 0.4) is 0 Å². The minimum atomic E-state index is -0.575. The summed E-state index contributed by atoms with van der Waals surface area (Å²) in [6, 6.07) is 21.9. The summed E-state index contributed by atoms with van der Waals surface area (Å²) in [6.07, 6.45) is 1.54. The molecule has 3 aromatic carbocycles. The van der Waals surface area contributed by atoms with Crippen molar-refractivity contribution in [2.24, 2.45) is 0 Å². The average Bonchev–Trinajstić information content (AvgIpc) is 2.70. The molecular formula is C22H20BrNO2. The van der Waals surface area contributed by atoms with Gasteiger partial charge in [-0.05, 0) is 51.4 Å². The second-order valence-electron chi connectivity index (χ2n) is 6.65. The molecule has 0 saturated carbocycles. The van der Waals surface area contributed by atoms with Gasteiger partial charge < -0.3 is 10.1 Å². The Morgan fingerprint density at radius 1 is 0.923 bits per heavy atom. The van der Waals surface area contributed by atoms with Gasteiger partial charge in [0.05, 0.1) is 5.56 Å². The Bertz CT molecular complexity index is 933. The van der Waals surface area contributed by atoms with E-state index in [1.54, 1.807) is 0 Å². The summed E-state index contributed by atoms with van der Waals surface area (Å²) >= 11 is 3.61. The van der Waals surface area contributed by atoms with Crippen molar-refractivity contribution in [3.63, 3.8) is 0 Å². The minimum absolute atomic E-state index is 0.284. The number of hydrogen-bond acceptors (Lipinski definition) is 3. The van der Waals surface area contributed by atoms with Gasteiger partial charge in [-0.15, -0.1) is 0 Å². The van der Waals surface area contributed by atoms with E-state index >= 15 is 0 Å². The number of ether oxygens (including phenoxy) is 1. The molecule has 1 fully saturated rings. The monoisotopic (exact) mass is 409 g/mol. The highest BCUT2D eigenvalue weighted by atomic mass is 79.9. The van der Waals surface area contributed by atoms with E-state index in [0.29, 0.717) is 5.56 Å². The zero-order valence-electron chi connectivity index (χ0n) is 14.4. The van der Waals surface area contributed by atoms with Crippen LogP contribution in [-0.2, 0) is 10.3 Å². The lowest BCUT2D eigenvalue weighted by Crippen LogP contribution is -2.43. The molecular weight excluding hydrogens is 390 g/mol. The number of esters is 1. The molecule has 0 unspecified atom stereocenters. The fraction of sp³-hybridized carbons (Fsp3) is 0.227. The van der Waals surface area contributed by atoms with Gasteiger partial charge in [-0.1, -0.05) is 60.7 Å². The smallest absolute Gasteiger partial charge is 0.340 e. The Kier molecular flexibility index (Phi) is 4.79. The quantitative estimate of drug-likeness (QED) is 0.615. The summed E-state index contributed by atoms with van der Waals surface area (Å²) in [5, 5.41) is 5.47. The maximum atomic E-state index is 13.1. The highest BCUT2D eigenvalue weighted by molar-refractivity contribution is 9.10. The molecule has 1 N–H and O–H groups in total. The molecule has 26 heavy (non-hydrogen) atoms. The topological polar surface area (TPSA) is 38.3 Å². The summed E-state index contributed by atoms with van der Waals surface area (Å²) in [5.41, 5.74) is 1.05. The summed E-state index contributed by atoms with van der Waals surface area (Å²) in [4.78, 5) is 13.1. The Morgan fingerprint density at radius 2 is 1.62 bits per heavy atom. The van der Waals surface area contributed by atoms with Crippen LogP contribution in [0.4, 0.5) is 0 Å². The van der Waals surface area contributed by atoms with E-state index in [1.165, 1.54) is 0 Å². The van der Waals surface area contributed by atoms with Crippen molar-refractivity contribution < 1.29 is 9.53 Å². The van der Waals surface area contributed by atoms with Gasteiger partial charge in [-0.2, -0.15) is 0 Å². The van der Waals surface area contributed by atoms with Gasteiger partial charge >= 0.3 is 5.97 Å². The van der Waals surface area contributed by atoms with Gasteiger partial charge in [-0.3, -0.25) is 0 Å². The van der Waals surface area contributed by atoms with Gasteiger partial charge in [0.15, 0.2) is 0 Å². The van der Waals surface area contributed by atoms with Crippen LogP contribution in [0.25, 0.3) is 10.8 Å². The van der Waals surface area contributed by atoms with Crippen LogP contribution in [-0.4, -0.2) is 19.1 Å². The predicted molar refractivity (Wildman–Crippen MR) is 107 cm³/mol. The van der Waals surface area contributed by atoms with Crippen LogP contribution in [0.5, 0.6) is 0 Å². The molecule has 1 aliphatic rings. The van der Waals surface area contributed by atoms with Crippen molar-refractivity contribution in [3.05, 3.63) is 82.3 Å². The fourth-order valence-electron chi connectivity index (χ4n) is 3.65. The highest BCUT2D eigenvalue weighted by Gasteiger charge is 2.38. The normalized spacial score (nSPS) is 16.3. The summed E-state index contributed by atoms with van der Waals surface area (Å²) < 4.78 is 6.96. The summed E-state index contributed by atoms with van der Waals surface area (Å²) in [7, 11) is 0. The molecule has 0 spiro atoms. The molecule has 0 aromatic heterocycles. The van der Waals surface area contributed by atoms with Gasteiger partial charge in [0.25, 0.3) is 0 Å². The van der Waals surface area contributed by atoms with Crippen LogP contribution < -0.4 is 5.32 Å². The van der Waals surface area contributed by atoms with Gasteiger partial charge in [0, 0.05) is 17.3 Å². The van der Waals surface area contributed by atoms with Crippen molar-refractivity contribution in [1.29, 1.82) is 0 Å². The second kappa shape index (κ2) is 7.22. The van der Waals surface area contributed by atoms with Crippen molar-refractivity contribution in [2.45, 2.75) is 18.4 Å². The Morgan fingerprint density at radius 3 is 2.38 bits per heavy atom. The van der Waals surface area contributed by atoms with E-state index in [4.69, 9.17) is 4.74 Å². The number of benzene rings is 3. The molecule has 3 aromatic rings. The van der Waals surface area contributed by atoms with Gasteiger partial charge in [-0.25, -0.2) is 4.79 Å². The molecule has 1 aliphatic heterocycles. The molecule has 4 rings (SSSR count). The van der Waals surface area contributed by atoms with Crippen LogP contribution in [0.2, 0.25) is 0 Å². The molecule has 132 valence electrons. The third-order valence-electron chi connectivity index (χ3n) is 5.08. The fourth-order valence-corrected chi connectivity index (χ4v) is 4.30.